The van der Waals surface area contributed by atoms with Crippen LogP contribution in [-0.2, 0) is 28.6 Å². The first-order chi connectivity index (χ1) is 15.4. The maximum atomic E-state index is 12.7. The third kappa shape index (κ3) is 5.46. The van der Waals surface area contributed by atoms with Gasteiger partial charge < -0.3 is 34.6 Å². The molecule has 2 rings (SSSR count). The van der Waals surface area contributed by atoms with Gasteiger partial charge in [0.1, 0.15) is 18.8 Å². The number of carbonyl (C=O) groups excluding carboxylic acids is 3. The summed E-state index contributed by atoms with van der Waals surface area (Å²) < 4.78 is 15.0. The standard InChI is InChI=1S/C23H34O10/c1-11(15(26)10-32-13(3)25)22(30)33-16-8-23(4)17(27)7-6-14(9-24)19(23)20(28)18(16)12(2)21(29)31-5/h14-20,24,26-28H,1-2,6-10H2,3-5H3/t14-,15?,16+,17-,18-,19-,20+,23+/m1/s1. The van der Waals surface area contributed by atoms with Gasteiger partial charge in [-0.1, -0.05) is 20.1 Å². The zero-order valence-electron chi connectivity index (χ0n) is 19.2. The summed E-state index contributed by atoms with van der Waals surface area (Å²) in [5.41, 5.74) is -1.42. The molecule has 2 fully saturated rings. The number of rotatable bonds is 8. The van der Waals surface area contributed by atoms with Gasteiger partial charge in [0.05, 0.1) is 30.8 Å². The minimum absolute atomic E-state index is 0.0616. The van der Waals surface area contributed by atoms with Crippen molar-refractivity contribution in [3.63, 3.8) is 0 Å². The molecule has 2 saturated carbocycles. The van der Waals surface area contributed by atoms with E-state index in [4.69, 9.17) is 9.47 Å². The van der Waals surface area contributed by atoms with Crippen LogP contribution in [0.4, 0.5) is 0 Å². The molecule has 0 aromatic heterocycles. The number of ether oxygens (including phenoxy) is 3. The van der Waals surface area contributed by atoms with E-state index >= 15 is 0 Å². The van der Waals surface area contributed by atoms with Gasteiger partial charge in [0, 0.05) is 24.5 Å². The Balaban J connectivity index is 2.36. The number of hydrogen-bond donors (Lipinski definition) is 4. The molecule has 0 aliphatic heterocycles. The van der Waals surface area contributed by atoms with Crippen LogP contribution in [0.5, 0.6) is 0 Å². The van der Waals surface area contributed by atoms with E-state index in [1.807, 2.05) is 0 Å². The summed E-state index contributed by atoms with van der Waals surface area (Å²) in [6, 6.07) is 0. The van der Waals surface area contributed by atoms with Gasteiger partial charge >= 0.3 is 17.9 Å². The summed E-state index contributed by atoms with van der Waals surface area (Å²) in [5.74, 6) is -4.46. The fourth-order valence-electron chi connectivity index (χ4n) is 5.25. The number of fused-ring (bicyclic) bond motifs is 1. The lowest BCUT2D eigenvalue weighted by molar-refractivity contribution is -0.202. The van der Waals surface area contributed by atoms with Gasteiger partial charge in [-0.15, -0.1) is 0 Å². The number of hydrogen-bond acceptors (Lipinski definition) is 10. The topological polar surface area (TPSA) is 160 Å². The molecule has 1 unspecified atom stereocenters. The zero-order valence-corrected chi connectivity index (χ0v) is 19.2. The number of esters is 3. The Morgan fingerprint density at radius 2 is 1.79 bits per heavy atom. The fourth-order valence-corrected chi connectivity index (χ4v) is 5.25. The van der Waals surface area contributed by atoms with Gasteiger partial charge in [0.2, 0.25) is 0 Å². The highest BCUT2D eigenvalue weighted by Gasteiger charge is 2.59. The van der Waals surface area contributed by atoms with Gasteiger partial charge in [-0.05, 0) is 31.1 Å². The van der Waals surface area contributed by atoms with Crippen molar-refractivity contribution in [2.75, 3.05) is 20.3 Å². The Kier molecular flexibility index (Phi) is 8.81. The van der Waals surface area contributed by atoms with Crippen LogP contribution in [0.25, 0.3) is 0 Å². The Bertz CT molecular complexity index is 792. The van der Waals surface area contributed by atoms with Gasteiger partial charge in [0.15, 0.2) is 0 Å². The van der Waals surface area contributed by atoms with Crippen LogP contribution in [0.15, 0.2) is 24.3 Å². The van der Waals surface area contributed by atoms with E-state index in [2.05, 4.69) is 17.9 Å². The average molecular weight is 471 g/mol. The molecular weight excluding hydrogens is 436 g/mol. The second-order valence-corrected chi connectivity index (χ2v) is 9.09. The van der Waals surface area contributed by atoms with Crippen molar-refractivity contribution in [2.45, 2.75) is 57.5 Å². The van der Waals surface area contributed by atoms with Crippen molar-refractivity contribution < 1.29 is 49.0 Å². The molecule has 0 heterocycles. The molecule has 0 saturated heterocycles. The highest BCUT2D eigenvalue weighted by molar-refractivity contribution is 5.90. The summed E-state index contributed by atoms with van der Waals surface area (Å²) >= 11 is 0. The van der Waals surface area contributed by atoms with Crippen molar-refractivity contribution in [3.05, 3.63) is 24.3 Å². The van der Waals surface area contributed by atoms with E-state index in [0.29, 0.717) is 12.8 Å². The molecule has 186 valence electrons. The lowest BCUT2D eigenvalue weighted by Gasteiger charge is -2.57. The Morgan fingerprint density at radius 3 is 2.33 bits per heavy atom. The summed E-state index contributed by atoms with van der Waals surface area (Å²) in [6.45, 7) is 9.42. The first kappa shape index (κ1) is 27.0. The largest absolute Gasteiger partial charge is 0.466 e. The molecule has 8 atom stereocenters. The fraction of sp³-hybridized carbons (Fsp3) is 0.696. The predicted octanol–water partition coefficient (Wildman–Crippen LogP) is -0.126. The normalized spacial score (nSPS) is 34.4. The van der Waals surface area contributed by atoms with E-state index < -0.39 is 66.2 Å². The highest BCUT2D eigenvalue weighted by atomic mass is 16.6. The third-order valence-electron chi connectivity index (χ3n) is 7.07. The van der Waals surface area contributed by atoms with Crippen molar-refractivity contribution in [3.8, 4) is 0 Å². The summed E-state index contributed by atoms with van der Waals surface area (Å²) in [5, 5.41) is 42.1. The van der Waals surface area contributed by atoms with E-state index in [-0.39, 0.29) is 30.1 Å². The first-order valence-corrected chi connectivity index (χ1v) is 10.8. The van der Waals surface area contributed by atoms with Crippen molar-refractivity contribution in [2.24, 2.45) is 23.2 Å². The van der Waals surface area contributed by atoms with Gasteiger partial charge in [-0.25, -0.2) is 9.59 Å². The SMILES string of the molecule is C=C(C(=O)O[C@H]1C[C@]2(C)[C@H]([C@@H](CO)CC[C@H]2O)[C@@H](O)[C@@H]1C(=C)C(=O)OC)C(O)COC(C)=O. The monoisotopic (exact) mass is 470 g/mol. The van der Waals surface area contributed by atoms with Crippen LogP contribution in [0, 0.1) is 23.2 Å². The molecular formula is C23H34O10. The number of methoxy groups -OCH3 is 1. The van der Waals surface area contributed by atoms with E-state index in [1.54, 1.807) is 6.92 Å². The second kappa shape index (κ2) is 10.8. The molecule has 33 heavy (non-hydrogen) atoms. The molecule has 10 nitrogen and oxygen atoms in total. The van der Waals surface area contributed by atoms with Crippen molar-refractivity contribution in [1.82, 2.24) is 0 Å². The van der Waals surface area contributed by atoms with Crippen molar-refractivity contribution >= 4 is 17.9 Å². The smallest absolute Gasteiger partial charge is 0.336 e. The Labute approximate surface area is 192 Å². The quantitative estimate of drug-likeness (QED) is 0.214. The maximum Gasteiger partial charge on any atom is 0.336 e. The summed E-state index contributed by atoms with van der Waals surface area (Å²) in [7, 11) is 1.15. The molecule has 10 heteroatoms. The minimum atomic E-state index is -1.51. The zero-order chi connectivity index (χ0) is 25.1. The maximum absolute atomic E-state index is 12.7. The van der Waals surface area contributed by atoms with E-state index in [9.17, 15) is 34.8 Å². The lowest BCUT2D eigenvalue weighted by Crippen LogP contribution is -2.62. The van der Waals surface area contributed by atoms with E-state index in [0.717, 1.165) is 14.0 Å². The number of aliphatic hydroxyl groups is 4. The molecule has 2 aliphatic rings. The van der Waals surface area contributed by atoms with Crippen molar-refractivity contribution in [1.29, 1.82) is 0 Å². The first-order valence-electron chi connectivity index (χ1n) is 10.8. The molecule has 4 N–H and O–H groups in total. The third-order valence-corrected chi connectivity index (χ3v) is 7.07. The predicted molar refractivity (Wildman–Crippen MR) is 114 cm³/mol. The Hall–Kier alpha value is -2.27. The van der Waals surface area contributed by atoms with Gasteiger partial charge in [-0.3, -0.25) is 4.79 Å². The van der Waals surface area contributed by atoms with Crippen LogP contribution >= 0.6 is 0 Å². The highest BCUT2D eigenvalue weighted by Crippen LogP contribution is 2.55. The van der Waals surface area contributed by atoms with Crippen LogP contribution in [-0.4, -0.2) is 83.1 Å². The van der Waals surface area contributed by atoms with Crippen LogP contribution in [0.2, 0.25) is 0 Å². The molecule has 0 aromatic rings. The molecule has 0 radical (unpaired) electrons. The average Bonchev–Trinajstić information content (AvgIpc) is 2.77. The summed E-state index contributed by atoms with van der Waals surface area (Å²) in [4.78, 5) is 35.9. The number of carbonyl (C=O) groups is 3. The number of aliphatic hydroxyl groups excluding tert-OH is 4. The van der Waals surface area contributed by atoms with Crippen LogP contribution < -0.4 is 0 Å². The minimum Gasteiger partial charge on any atom is -0.466 e. The second-order valence-electron chi connectivity index (χ2n) is 9.09. The molecule has 0 bridgehead atoms. The van der Waals surface area contributed by atoms with Gasteiger partial charge in [0.25, 0.3) is 0 Å². The van der Waals surface area contributed by atoms with Crippen LogP contribution in [0.3, 0.4) is 0 Å². The molecule has 0 amide bonds. The molecule has 0 aromatic carbocycles. The van der Waals surface area contributed by atoms with Gasteiger partial charge in [-0.2, -0.15) is 0 Å². The molecule has 0 spiro atoms. The lowest BCUT2D eigenvalue weighted by atomic mass is 9.51. The summed E-state index contributed by atoms with van der Waals surface area (Å²) in [6.07, 6.45) is -3.81. The van der Waals surface area contributed by atoms with Crippen LogP contribution in [0.1, 0.15) is 33.1 Å². The molecule has 2 aliphatic carbocycles. The van der Waals surface area contributed by atoms with E-state index in [1.165, 1.54) is 0 Å². The Morgan fingerprint density at radius 1 is 1.15 bits per heavy atom.